The van der Waals surface area contributed by atoms with Crippen molar-refractivity contribution in [1.82, 2.24) is 25.5 Å². The molecule has 2 aromatic heterocycles. The number of nitrogens with one attached hydrogen (secondary N) is 3. The van der Waals surface area contributed by atoms with Crippen LogP contribution < -0.4 is 20.7 Å². The zero-order valence-corrected chi connectivity index (χ0v) is 21.4. The summed E-state index contributed by atoms with van der Waals surface area (Å²) < 4.78 is 6.99. The highest BCUT2D eigenvalue weighted by Crippen LogP contribution is 2.33. The van der Waals surface area contributed by atoms with Gasteiger partial charge < -0.3 is 20.7 Å². The average Bonchev–Trinajstić information content (AvgIpc) is 3.50. The molecule has 1 aliphatic carbocycles. The summed E-state index contributed by atoms with van der Waals surface area (Å²) in [5.74, 6) is 1.09. The van der Waals surface area contributed by atoms with Crippen molar-refractivity contribution in [3.05, 3.63) is 42.2 Å². The van der Waals surface area contributed by atoms with Crippen molar-refractivity contribution in [2.45, 2.75) is 56.7 Å². The lowest BCUT2D eigenvalue weighted by molar-refractivity contribution is -0.126. The highest BCUT2D eigenvalue weighted by Gasteiger charge is 2.32. The zero-order chi connectivity index (χ0) is 25.1. The molecular formula is C26H32N6O3S. The fraction of sp³-hybridized carbons (Fsp3) is 0.462. The van der Waals surface area contributed by atoms with Gasteiger partial charge in [0, 0.05) is 37.5 Å². The Morgan fingerprint density at radius 1 is 1.06 bits per heavy atom. The lowest BCUT2D eigenvalue weighted by atomic mass is 9.90. The first-order valence-corrected chi connectivity index (χ1v) is 13.4. The first-order chi connectivity index (χ1) is 17.5. The fourth-order valence-corrected chi connectivity index (χ4v) is 6.00. The van der Waals surface area contributed by atoms with Gasteiger partial charge in [0.15, 0.2) is 5.13 Å². The van der Waals surface area contributed by atoms with Gasteiger partial charge in [0.25, 0.3) is 5.91 Å². The molecule has 10 heteroatoms. The summed E-state index contributed by atoms with van der Waals surface area (Å²) >= 11 is 1.57. The van der Waals surface area contributed by atoms with Crippen molar-refractivity contribution in [2.24, 2.45) is 0 Å². The van der Waals surface area contributed by atoms with E-state index in [4.69, 9.17) is 9.72 Å². The maximum atomic E-state index is 12.9. The summed E-state index contributed by atoms with van der Waals surface area (Å²) in [5.41, 5.74) is 1.19. The van der Waals surface area contributed by atoms with Gasteiger partial charge in [-0.2, -0.15) is 0 Å². The molecule has 5 rings (SSSR count). The summed E-state index contributed by atoms with van der Waals surface area (Å²) in [5, 5.41) is 10.3. The molecule has 0 bridgehead atoms. The number of aromatic nitrogens is 2. The minimum atomic E-state index is -0.262. The third-order valence-corrected chi connectivity index (χ3v) is 7.96. The molecule has 1 aromatic carbocycles. The summed E-state index contributed by atoms with van der Waals surface area (Å²) in [6.45, 7) is 0.984. The van der Waals surface area contributed by atoms with Crippen LogP contribution >= 0.6 is 11.3 Å². The highest BCUT2D eigenvalue weighted by atomic mass is 32.1. The Morgan fingerprint density at radius 3 is 2.64 bits per heavy atom. The number of hydrogen-bond donors (Lipinski definition) is 3. The Labute approximate surface area is 214 Å². The molecule has 1 saturated carbocycles. The number of carbonyl (C=O) groups is 2. The Bertz CT molecular complexity index is 1250. The molecule has 2 fully saturated rings. The molecule has 0 unspecified atom stereocenters. The maximum Gasteiger partial charge on any atom is 0.269 e. The fourth-order valence-electron chi connectivity index (χ4n) is 5.05. The number of thiazole rings is 1. The summed E-state index contributed by atoms with van der Waals surface area (Å²) in [6.07, 6.45) is 7.81. The molecule has 0 radical (unpaired) electrons. The molecule has 3 atom stereocenters. The molecule has 3 N–H and O–H groups in total. The summed E-state index contributed by atoms with van der Waals surface area (Å²) in [4.78, 5) is 35.7. The molecule has 2 aliphatic rings. The number of carbonyl (C=O) groups excluding carboxylic acids is 2. The van der Waals surface area contributed by atoms with Crippen LogP contribution in [-0.4, -0.2) is 65.4 Å². The number of fused-ring (bicyclic) bond motifs is 1. The quantitative estimate of drug-likeness (QED) is 0.446. The van der Waals surface area contributed by atoms with Gasteiger partial charge in [-0.1, -0.05) is 24.2 Å². The van der Waals surface area contributed by atoms with Gasteiger partial charge in [-0.15, -0.1) is 0 Å². The number of hydrogen-bond acceptors (Lipinski definition) is 8. The van der Waals surface area contributed by atoms with Crippen molar-refractivity contribution in [2.75, 3.05) is 26.0 Å². The smallest absolute Gasteiger partial charge is 0.269 e. The van der Waals surface area contributed by atoms with E-state index in [2.05, 4.69) is 25.8 Å². The zero-order valence-electron chi connectivity index (χ0n) is 20.6. The number of likely N-dealkylation sites (tertiary alicyclic amines) is 1. The van der Waals surface area contributed by atoms with Gasteiger partial charge in [0.05, 0.1) is 16.3 Å². The van der Waals surface area contributed by atoms with Crippen molar-refractivity contribution in [1.29, 1.82) is 0 Å². The van der Waals surface area contributed by atoms with Crippen LogP contribution in [0.4, 0.5) is 5.13 Å². The largest absolute Gasteiger partial charge is 0.457 e. The van der Waals surface area contributed by atoms with Crippen LogP contribution in [0.25, 0.3) is 10.2 Å². The summed E-state index contributed by atoms with van der Waals surface area (Å²) in [7, 11) is 3.60. The number of ether oxygens (including phenoxy) is 1. The topological polar surface area (TPSA) is 108 Å². The first kappa shape index (κ1) is 24.5. The van der Waals surface area contributed by atoms with Crippen LogP contribution in [-0.2, 0) is 4.79 Å². The number of amides is 2. The molecule has 1 aliphatic heterocycles. The Kier molecular flexibility index (Phi) is 7.33. The van der Waals surface area contributed by atoms with Crippen LogP contribution in [0.5, 0.6) is 11.5 Å². The monoisotopic (exact) mass is 508 g/mol. The lowest BCUT2D eigenvalue weighted by Crippen LogP contribution is -2.52. The van der Waals surface area contributed by atoms with Crippen LogP contribution in [0, 0.1) is 0 Å². The molecule has 2 amide bonds. The second-order valence-electron chi connectivity index (χ2n) is 9.50. The molecule has 3 heterocycles. The number of anilines is 1. The molecule has 3 aromatic rings. The van der Waals surface area contributed by atoms with E-state index in [0.717, 1.165) is 60.4 Å². The number of rotatable bonds is 7. The molecular weight excluding hydrogens is 476 g/mol. The van der Waals surface area contributed by atoms with Gasteiger partial charge in [0.2, 0.25) is 5.91 Å². The molecule has 9 nitrogen and oxygen atoms in total. The molecule has 1 saturated heterocycles. The Hall–Kier alpha value is -3.24. The van der Waals surface area contributed by atoms with Crippen molar-refractivity contribution < 1.29 is 14.3 Å². The highest BCUT2D eigenvalue weighted by molar-refractivity contribution is 7.22. The van der Waals surface area contributed by atoms with E-state index in [1.54, 1.807) is 36.7 Å². The van der Waals surface area contributed by atoms with Crippen LogP contribution in [0.15, 0.2) is 36.5 Å². The van der Waals surface area contributed by atoms with Crippen LogP contribution in [0.2, 0.25) is 0 Å². The van der Waals surface area contributed by atoms with Gasteiger partial charge in [-0.25, -0.2) is 4.98 Å². The van der Waals surface area contributed by atoms with E-state index >= 15 is 0 Å². The van der Waals surface area contributed by atoms with Crippen LogP contribution in [0.3, 0.4) is 0 Å². The second kappa shape index (κ2) is 10.8. The van der Waals surface area contributed by atoms with Gasteiger partial charge >= 0.3 is 0 Å². The van der Waals surface area contributed by atoms with Gasteiger partial charge in [-0.3, -0.25) is 19.5 Å². The van der Waals surface area contributed by atoms with Crippen LogP contribution in [0.1, 0.15) is 49.0 Å². The van der Waals surface area contributed by atoms with E-state index in [-0.39, 0.29) is 29.9 Å². The maximum absolute atomic E-state index is 12.9. The number of benzene rings is 1. The Balaban J connectivity index is 1.27. The lowest BCUT2D eigenvalue weighted by Gasteiger charge is -2.34. The predicted octanol–water partition coefficient (Wildman–Crippen LogP) is 3.78. The first-order valence-electron chi connectivity index (χ1n) is 12.5. The molecule has 0 spiro atoms. The Morgan fingerprint density at radius 2 is 1.86 bits per heavy atom. The number of likely N-dealkylation sites (N-methyl/N-ethyl adjacent to an activating group) is 1. The van der Waals surface area contributed by atoms with E-state index in [9.17, 15) is 9.59 Å². The van der Waals surface area contributed by atoms with Crippen molar-refractivity contribution in [3.63, 3.8) is 0 Å². The number of nitrogens with zero attached hydrogens (tertiary/aromatic N) is 3. The number of pyridine rings is 1. The van der Waals surface area contributed by atoms with Crippen molar-refractivity contribution in [3.8, 4) is 11.5 Å². The minimum Gasteiger partial charge on any atom is -0.457 e. The van der Waals surface area contributed by atoms with E-state index in [1.165, 1.54) is 0 Å². The standard InChI is InChI=1S/C26H32N6O3S/c1-27-24(33)21-14-17(11-12-28-21)35-16-9-10-20-23(15-16)36-26(31-20)30-19-7-4-3-6-18(19)29-25(34)22-8-5-13-32(22)2/h9-12,14-15,18-19,22H,3-8,13H2,1-2H3,(H,27,33)(H,29,34)(H,30,31)/t18-,19+,22+/m1/s1. The SMILES string of the molecule is CNC(=O)c1cc(Oc2ccc3nc(N[C@H]4CCCC[C@H]4NC(=O)[C@@H]4CCCN4C)sc3c2)ccn1. The third kappa shape index (κ3) is 5.44. The molecule has 190 valence electrons. The van der Waals surface area contributed by atoms with E-state index in [0.29, 0.717) is 17.2 Å². The second-order valence-corrected chi connectivity index (χ2v) is 10.5. The minimum absolute atomic E-state index is 0.0127. The summed E-state index contributed by atoms with van der Waals surface area (Å²) in [6, 6.07) is 9.34. The normalized spacial score (nSPS) is 22.3. The third-order valence-electron chi connectivity index (χ3n) is 7.01. The van der Waals surface area contributed by atoms with E-state index in [1.807, 2.05) is 25.2 Å². The van der Waals surface area contributed by atoms with E-state index < -0.39 is 0 Å². The predicted molar refractivity (Wildman–Crippen MR) is 141 cm³/mol. The average molecular weight is 509 g/mol. The van der Waals surface area contributed by atoms with Gasteiger partial charge in [0.1, 0.15) is 17.2 Å². The van der Waals surface area contributed by atoms with Gasteiger partial charge in [-0.05, 0) is 57.5 Å². The molecule has 36 heavy (non-hydrogen) atoms. The van der Waals surface area contributed by atoms with Crippen molar-refractivity contribution >= 4 is 38.5 Å².